The van der Waals surface area contributed by atoms with Gasteiger partial charge in [-0.05, 0) is 52.6 Å². The molecule has 3 rings (SSSR count). The Morgan fingerprint density at radius 3 is 2.21 bits per heavy atom. The van der Waals surface area contributed by atoms with E-state index in [1.165, 1.54) is 12.1 Å². The number of hydrazone groups is 1. The van der Waals surface area contributed by atoms with Crippen molar-refractivity contribution in [2.75, 3.05) is 0 Å². The van der Waals surface area contributed by atoms with Crippen LogP contribution in [0.5, 0.6) is 0 Å². The van der Waals surface area contributed by atoms with Crippen molar-refractivity contribution in [3.05, 3.63) is 94.3 Å². The van der Waals surface area contributed by atoms with Crippen LogP contribution in [0.15, 0.2) is 71.8 Å². The van der Waals surface area contributed by atoms with Crippen molar-refractivity contribution in [1.29, 1.82) is 0 Å². The lowest BCUT2D eigenvalue weighted by Crippen LogP contribution is -2.29. The highest BCUT2D eigenvalue weighted by molar-refractivity contribution is 6.30. The fourth-order valence-corrected chi connectivity index (χ4v) is 2.80. The van der Waals surface area contributed by atoms with E-state index in [0.29, 0.717) is 16.1 Å². The largest absolute Gasteiger partial charge is 0.369 e. The topological polar surface area (TPSA) is 93.5 Å². The summed E-state index contributed by atoms with van der Waals surface area (Å²) in [6, 6.07) is 18.7. The molecular formula is C22H18ClFN4O. The minimum atomic E-state index is -0.458. The minimum Gasteiger partial charge on any atom is -0.369 e. The van der Waals surface area contributed by atoms with Crippen LogP contribution < -0.4 is 16.9 Å². The molecule has 0 aromatic heterocycles. The lowest BCUT2D eigenvalue weighted by molar-refractivity contribution is 0.0955. The highest BCUT2D eigenvalue weighted by Gasteiger charge is 2.13. The van der Waals surface area contributed by atoms with Crippen LogP contribution in [-0.2, 0) is 0 Å². The maximum atomic E-state index is 13.0. The van der Waals surface area contributed by atoms with E-state index in [-0.39, 0.29) is 11.8 Å². The van der Waals surface area contributed by atoms with Crippen LogP contribution in [0.2, 0.25) is 5.02 Å². The number of hydrogen-bond donors (Lipinski definition) is 3. The molecule has 0 fully saturated rings. The van der Waals surface area contributed by atoms with Gasteiger partial charge in [0.1, 0.15) is 5.82 Å². The van der Waals surface area contributed by atoms with Crippen LogP contribution in [0.25, 0.3) is 23.3 Å². The number of amides is 1. The molecule has 0 spiro atoms. The zero-order chi connectivity index (χ0) is 20.8. The molecule has 146 valence electrons. The standard InChI is InChI=1S/C22H18ClFN4O/c23-17-8-6-16(7-9-17)19-12-5-15(2-1-14-3-10-18(24)11-4-14)13-20(19)21(29)27-28-22(25)26/h1-13H,(H,27,29)(H4,25,26,28)/b2-1+. The van der Waals surface area contributed by atoms with Crippen molar-refractivity contribution in [2.24, 2.45) is 16.6 Å². The third-order valence-corrected chi connectivity index (χ3v) is 4.32. The van der Waals surface area contributed by atoms with E-state index in [2.05, 4.69) is 10.5 Å². The molecule has 0 aliphatic carbocycles. The van der Waals surface area contributed by atoms with Gasteiger partial charge in [-0.3, -0.25) is 4.79 Å². The predicted octanol–water partition coefficient (Wildman–Crippen LogP) is 4.23. The highest BCUT2D eigenvalue weighted by atomic mass is 35.5. The van der Waals surface area contributed by atoms with Crippen LogP contribution in [0.3, 0.4) is 0 Å². The smallest absolute Gasteiger partial charge is 0.272 e. The van der Waals surface area contributed by atoms with Gasteiger partial charge in [0.25, 0.3) is 5.91 Å². The van der Waals surface area contributed by atoms with Gasteiger partial charge >= 0.3 is 0 Å². The molecule has 29 heavy (non-hydrogen) atoms. The van der Waals surface area contributed by atoms with E-state index in [4.69, 9.17) is 23.1 Å². The van der Waals surface area contributed by atoms with Crippen LogP contribution in [0.4, 0.5) is 4.39 Å². The summed E-state index contributed by atoms with van der Waals surface area (Å²) in [4.78, 5) is 12.7. The van der Waals surface area contributed by atoms with Crippen molar-refractivity contribution in [3.8, 4) is 11.1 Å². The van der Waals surface area contributed by atoms with Gasteiger partial charge in [0.2, 0.25) is 5.96 Å². The van der Waals surface area contributed by atoms with Crippen LogP contribution in [-0.4, -0.2) is 11.9 Å². The number of carbonyl (C=O) groups is 1. The van der Waals surface area contributed by atoms with Crippen molar-refractivity contribution >= 4 is 35.6 Å². The van der Waals surface area contributed by atoms with E-state index in [0.717, 1.165) is 16.7 Å². The Balaban J connectivity index is 1.98. The molecule has 0 unspecified atom stereocenters. The Kier molecular flexibility index (Phi) is 6.26. The van der Waals surface area contributed by atoms with Gasteiger partial charge in [-0.15, -0.1) is 5.10 Å². The number of halogens is 2. The number of nitrogens with one attached hydrogen (secondary N) is 1. The summed E-state index contributed by atoms with van der Waals surface area (Å²) in [6.07, 6.45) is 3.66. The van der Waals surface area contributed by atoms with Gasteiger partial charge in [-0.25, -0.2) is 9.82 Å². The Morgan fingerprint density at radius 1 is 0.931 bits per heavy atom. The lowest BCUT2D eigenvalue weighted by atomic mass is 9.96. The molecule has 0 bridgehead atoms. The number of nitrogens with zero attached hydrogens (tertiary/aromatic N) is 1. The average molecular weight is 409 g/mol. The molecule has 0 aliphatic heterocycles. The van der Waals surface area contributed by atoms with Crippen LogP contribution in [0.1, 0.15) is 21.5 Å². The normalized spacial score (nSPS) is 10.7. The molecule has 0 saturated heterocycles. The fourth-order valence-electron chi connectivity index (χ4n) is 2.68. The summed E-state index contributed by atoms with van der Waals surface area (Å²) in [5.41, 5.74) is 16.4. The summed E-state index contributed by atoms with van der Waals surface area (Å²) < 4.78 is 13.0. The third kappa shape index (κ3) is 5.43. The second-order valence-corrected chi connectivity index (χ2v) is 6.61. The van der Waals surface area contributed by atoms with Gasteiger partial charge < -0.3 is 11.5 Å². The van der Waals surface area contributed by atoms with Crippen molar-refractivity contribution in [3.63, 3.8) is 0 Å². The van der Waals surface area contributed by atoms with Gasteiger partial charge in [0.05, 0.1) is 0 Å². The first-order chi connectivity index (χ1) is 13.9. The second kappa shape index (κ2) is 9.03. The van der Waals surface area contributed by atoms with E-state index < -0.39 is 5.91 Å². The first-order valence-electron chi connectivity index (χ1n) is 8.65. The Bertz CT molecular complexity index is 1070. The number of carbonyl (C=O) groups excluding carboxylic acids is 1. The maximum Gasteiger partial charge on any atom is 0.272 e. The highest BCUT2D eigenvalue weighted by Crippen LogP contribution is 2.27. The summed E-state index contributed by atoms with van der Waals surface area (Å²) in [7, 11) is 0. The number of nitrogens with two attached hydrogens (primary N) is 2. The number of benzene rings is 3. The predicted molar refractivity (Wildman–Crippen MR) is 115 cm³/mol. The number of rotatable bonds is 5. The molecule has 5 nitrogen and oxygen atoms in total. The van der Waals surface area contributed by atoms with Gasteiger partial charge in [-0.2, -0.15) is 0 Å². The molecule has 0 aliphatic rings. The molecule has 5 N–H and O–H groups in total. The Labute approximate surface area is 172 Å². The first kappa shape index (κ1) is 20.1. The molecule has 3 aromatic rings. The van der Waals surface area contributed by atoms with Crippen LogP contribution in [0, 0.1) is 5.82 Å². The Hall–Kier alpha value is -3.64. The van der Waals surface area contributed by atoms with Crippen LogP contribution >= 0.6 is 11.6 Å². The Morgan fingerprint density at radius 2 is 1.55 bits per heavy atom. The number of guanidine groups is 1. The van der Waals surface area contributed by atoms with Crippen molar-refractivity contribution in [2.45, 2.75) is 0 Å². The maximum absolute atomic E-state index is 13.0. The van der Waals surface area contributed by atoms with E-state index in [1.54, 1.807) is 30.3 Å². The van der Waals surface area contributed by atoms with E-state index in [9.17, 15) is 9.18 Å². The average Bonchev–Trinajstić information content (AvgIpc) is 2.72. The second-order valence-electron chi connectivity index (χ2n) is 6.17. The summed E-state index contributed by atoms with van der Waals surface area (Å²) >= 11 is 5.96. The van der Waals surface area contributed by atoms with Gasteiger partial charge in [-0.1, -0.05) is 60.2 Å². The molecular weight excluding hydrogens is 391 g/mol. The zero-order valence-electron chi connectivity index (χ0n) is 15.3. The van der Waals surface area contributed by atoms with Gasteiger partial charge in [0, 0.05) is 10.6 Å². The summed E-state index contributed by atoms with van der Waals surface area (Å²) in [5.74, 6) is -1.01. The van der Waals surface area contributed by atoms with E-state index >= 15 is 0 Å². The third-order valence-electron chi connectivity index (χ3n) is 4.07. The monoisotopic (exact) mass is 408 g/mol. The lowest BCUT2D eigenvalue weighted by Gasteiger charge is -2.10. The molecule has 0 radical (unpaired) electrons. The summed E-state index contributed by atoms with van der Waals surface area (Å²) in [5, 5.41) is 4.18. The summed E-state index contributed by atoms with van der Waals surface area (Å²) in [6.45, 7) is 0. The minimum absolute atomic E-state index is 0.251. The number of hydrogen-bond acceptors (Lipinski definition) is 2. The molecule has 0 atom stereocenters. The molecule has 7 heteroatoms. The molecule has 1 amide bonds. The quantitative estimate of drug-likeness (QED) is 0.255. The molecule has 3 aromatic carbocycles. The van der Waals surface area contributed by atoms with Crippen molar-refractivity contribution in [1.82, 2.24) is 5.43 Å². The van der Waals surface area contributed by atoms with Crippen molar-refractivity contribution < 1.29 is 9.18 Å². The SMILES string of the molecule is NC(N)=NNC(=O)c1cc(/C=C/c2ccc(F)cc2)ccc1-c1ccc(Cl)cc1. The molecule has 0 heterocycles. The molecule has 0 saturated carbocycles. The first-order valence-corrected chi connectivity index (χ1v) is 9.03. The van der Waals surface area contributed by atoms with E-state index in [1.807, 2.05) is 36.4 Å². The zero-order valence-corrected chi connectivity index (χ0v) is 16.0. The van der Waals surface area contributed by atoms with Gasteiger partial charge in [0.15, 0.2) is 0 Å². The fraction of sp³-hybridized carbons (Fsp3) is 0.